The zero-order valence-corrected chi connectivity index (χ0v) is 28.0. The van der Waals surface area contributed by atoms with Crippen LogP contribution in [0.1, 0.15) is 92.1 Å². The average Bonchev–Trinajstić information content (AvgIpc) is 3.02. The van der Waals surface area contributed by atoms with Crippen LogP contribution in [0.5, 0.6) is 0 Å². The number of benzene rings is 1. The van der Waals surface area contributed by atoms with Gasteiger partial charge in [0.05, 0.1) is 13.7 Å². The zero-order valence-electron chi connectivity index (χ0n) is 28.0. The van der Waals surface area contributed by atoms with Crippen molar-refractivity contribution in [1.82, 2.24) is 0 Å². The van der Waals surface area contributed by atoms with E-state index in [-0.39, 0.29) is 17.5 Å². The molecule has 1 unspecified atom stereocenters. The SMILES string of the molecule is C=C(C)C(=O)O.C=C(C)C(=O)OC.C=CC(=O)OCCCC.C=Cc1ccccc1.CCCCC(CC)CC=C(C)C(=O)O. The minimum atomic E-state index is -0.935. The van der Waals surface area contributed by atoms with Gasteiger partial charge in [-0.05, 0) is 45.1 Å². The molecule has 248 valence electrons. The zero-order chi connectivity index (χ0) is 34.9. The van der Waals surface area contributed by atoms with Crippen molar-refractivity contribution in [3.63, 3.8) is 0 Å². The largest absolute Gasteiger partial charge is 0.478 e. The second-order valence-electron chi connectivity index (χ2n) is 9.54. The first-order chi connectivity index (χ1) is 20.7. The lowest BCUT2D eigenvalue weighted by Gasteiger charge is -2.11. The molecule has 0 aliphatic carbocycles. The molecule has 0 bridgehead atoms. The highest BCUT2D eigenvalue weighted by Crippen LogP contribution is 2.17. The summed E-state index contributed by atoms with van der Waals surface area (Å²) in [6.45, 7) is 25.0. The van der Waals surface area contributed by atoms with E-state index in [0.29, 0.717) is 23.7 Å². The maximum absolute atomic E-state index is 10.5. The fourth-order valence-electron chi connectivity index (χ4n) is 2.55. The third-order valence-corrected chi connectivity index (χ3v) is 5.48. The van der Waals surface area contributed by atoms with Crippen LogP contribution in [0.3, 0.4) is 0 Å². The Morgan fingerprint density at radius 1 is 0.864 bits per heavy atom. The Balaban J connectivity index is -0.000000236. The number of hydrogen-bond donors (Lipinski definition) is 2. The van der Waals surface area contributed by atoms with Gasteiger partial charge in [0.2, 0.25) is 0 Å². The van der Waals surface area contributed by atoms with Gasteiger partial charge in [0.1, 0.15) is 0 Å². The van der Waals surface area contributed by atoms with Crippen LogP contribution in [0.15, 0.2) is 85.5 Å². The molecule has 8 heteroatoms. The van der Waals surface area contributed by atoms with Gasteiger partial charge in [-0.25, -0.2) is 19.2 Å². The van der Waals surface area contributed by atoms with Crippen LogP contribution in [-0.4, -0.2) is 47.8 Å². The van der Waals surface area contributed by atoms with E-state index >= 15 is 0 Å². The minimum absolute atomic E-state index is 0.176. The summed E-state index contributed by atoms with van der Waals surface area (Å²) in [6, 6.07) is 10.0. The molecule has 1 atom stereocenters. The maximum atomic E-state index is 10.5. The van der Waals surface area contributed by atoms with E-state index in [0.717, 1.165) is 25.7 Å². The van der Waals surface area contributed by atoms with Gasteiger partial charge in [0.15, 0.2) is 0 Å². The smallest absolute Gasteiger partial charge is 0.332 e. The van der Waals surface area contributed by atoms with Crippen LogP contribution in [0.2, 0.25) is 0 Å². The molecule has 2 N–H and O–H groups in total. The van der Waals surface area contributed by atoms with Crippen LogP contribution in [0, 0.1) is 5.92 Å². The lowest BCUT2D eigenvalue weighted by molar-refractivity contribution is -0.138. The number of aliphatic carboxylic acids is 2. The molecule has 0 saturated carbocycles. The number of carboxylic acids is 2. The summed E-state index contributed by atoms with van der Waals surface area (Å²) < 4.78 is 8.95. The fraction of sp³-hybridized carbons (Fsp3) is 0.444. The molecule has 0 saturated heterocycles. The van der Waals surface area contributed by atoms with Crippen LogP contribution in [0.25, 0.3) is 6.08 Å². The van der Waals surface area contributed by atoms with Crippen molar-refractivity contribution in [3.8, 4) is 0 Å². The van der Waals surface area contributed by atoms with Crippen molar-refractivity contribution in [3.05, 3.63) is 91.1 Å². The quantitative estimate of drug-likeness (QED) is 0.121. The van der Waals surface area contributed by atoms with E-state index in [4.69, 9.17) is 10.2 Å². The Morgan fingerprint density at radius 2 is 1.39 bits per heavy atom. The topological polar surface area (TPSA) is 127 Å². The molecule has 0 amide bonds. The van der Waals surface area contributed by atoms with Gasteiger partial charge >= 0.3 is 23.9 Å². The van der Waals surface area contributed by atoms with Gasteiger partial charge < -0.3 is 19.7 Å². The monoisotopic (exact) mass is 616 g/mol. The van der Waals surface area contributed by atoms with Gasteiger partial charge in [-0.2, -0.15) is 0 Å². The van der Waals surface area contributed by atoms with Crippen molar-refractivity contribution in [2.45, 2.75) is 86.5 Å². The van der Waals surface area contributed by atoms with Gasteiger partial charge in [-0.3, -0.25) is 0 Å². The highest BCUT2D eigenvalue weighted by molar-refractivity contribution is 5.87. The van der Waals surface area contributed by atoms with Crippen molar-refractivity contribution in [2.24, 2.45) is 5.92 Å². The third-order valence-electron chi connectivity index (χ3n) is 5.48. The number of rotatable bonds is 14. The molecular formula is C36H56O8. The molecule has 1 rings (SSSR count). The number of carbonyl (C=O) groups excluding carboxylic acids is 2. The van der Waals surface area contributed by atoms with Crippen molar-refractivity contribution in [1.29, 1.82) is 0 Å². The predicted molar refractivity (Wildman–Crippen MR) is 181 cm³/mol. The first kappa shape index (κ1) is 46.7. The molecule has 1 aromatic carbocycles. The van der Waals surface area contributed by atoms with Crippen molar-refractivity contribution < 1.29 is 38.9 Å². The number of methoxy groups -OCH3 is 1. The lowest BCUT2D eigenvalue weighted by atomic mass is 9.95. The summed E-state index contributed by atoms with van der Waals surface area (Å²) in [7, 11) is 1.33. The minimum Gasteiger partial charge on any atom is -0.478 e. The number of hydrogen-bond acceptors (Lipinski definition) is 6. The number of esters is 2. The molecule has 44 heavy (non-hydrogen) atoms. The summed E-state index contributed by atoms with van der Waals surface area (Å²) in [6.07, 6.45) is 12.6. The number of allylic oxidation sites excluding steroid dienone is 1. The molecule has 0 heterocycles. The molecule has 0 fully saturated rings. The molecule has 8 nitrogen and oxygen atoms in total. The number of carboxylic acid groups (broad SMARTS) is 2. The van der Waals surface area contributed by atoms with E-state index in [1.165, 1.54) is 44.9 Å². The number of unbranched alkanes of at least 4 members (excludes halogenated alkanes) is 2. The van der Waals surface area contributed by atoms with Gasteiger partial charge in [0, 0.05) is 22.8 Å². The number of ether oxygens (including phenoxy) is 2. The van der Waals surface area contributed by atoms with E-state index in [1.54, 1.807) is 13.8 Å². The van der Waals surface area contributed by atoms with Gasteiger partial charge in [0.25, 0.3) is 0 Å². The lowest BCUT2D eigenvalue weighted by Crippen LogP contribution is -2.00. The average molecular weight is 617 g/mol. The van der Waals surface area contributed by atoms with Gasteiger partial charge in [-0.1, -0.05) is 122 Å². The number of carbonyl (C=O) groups is 4. The summed E-state index contributed by atoms with van der Waals surface area (Å²) in [5, 5.41) is 16.6. The molecule has 0 aliphatic heterocycles. The molecule has 0 aromatic heterocycles. The Hall–Kier alpha value is -4.20. The Labute approximate surface area is 265 Å². The maximum Gasteiger partial charge on any atom is 0.332 e. The molecule has 0 spiro atoms. The molecular weight excluding hydrogens is 560 g/mol. The summed E-state index contributed by atoms with van der Waals surface area (Å²) >= 11 is 0. The highest BCUT2D eigenvalue weighted by atomic mass is 16.5. The fourth-order valence-corrected chi connectivity index (χ4v) is 2.55. The Bertz CT molecular complexity index is 994. The second-order valence-corrected chi connectivity index (χ2v) is 9.54. The summed E-state index contributed by atoms with van der Waals surface area (Å²) in [5.74, 6) is -1.75. The normalized spacial score (nSPS) is 10.0. The van der Waals surface area contributed by atoms with Crippen LogP contribution in [-0.2, 0) is 28.7 Å². The first-order valence-corrected chi connectivity index (χ1v) is 14.7. The van der Waals surface area contributed by atoms with Gasteiger partial charge in [-0.15, -0.1) is 0 Å². The Kier molecular flexibility index (Phi) is 35.4. The molecule has 0 radical (unpaired) electrons. The molecule has 1 aromatic rings. The van der Waals surface area contributed by atoms with E-state index in [9.17, 15) is 19.2 Å². The standard InChI is InChI=1S/C12H22O2.C8H8.C7H12O2.C5H8O2.C4H6O2/c1-4-6-7-11(5-2)9-8-10(3)12(13)14;1-2-8-6-4-3-5-7-8;1-3-5-6-9-7(8)4-2;1-4(2)5(6)7-3;1-3(2)4(5)6/h8,11H,4-7,9H2,1-3H3,(H,13,14);2-7H,1H2;4H,2-3,5-6H2,1H3;1H2,2-3H3;1H2,2H3,(H,5,6). The second kappa shape index (κ2) is 33.3. The van der Waals surface area contributed by atoms with Crippen molar-refractivity contribution >= 4 is 30.0 Å². The van der Waals surface area contributed by atoms with E-state index in [1.807, 2.05) is 49.4 Å². The van der Waals surface area contributed by atoms with Crippen LogP contribution >= 0.6 is 0 Å². The summed E-state index contributed by atoms with van der Waals surface area (Å²) in [4.78, 5) is 40.7. The predicted octanol–water partition coefficient (Wildman–Crippen LogP) is 8.85. The summed E-state index contributed by atoms with van der Waals surface area (Å²) in [5.41, 5.74) is 2.25. The Morgan fingerprint density at radius 3 is 1.68 bits per heavy atom. The van der Waals surface area contributed by atoms with Crippen molar-refractivity contribution in [2.75, 3.05) is 13.7 Å². The van der Waals surface area contributed by atoms with E-state index in [2.05, 4.69) is 49.6 Å². The first-order valence-electron chi connectivity index (χ1n) is 14.7. The van der Waals surface area contributed by atoms with Crippen LogP contribution in [0.4, 0.5) is 0 Å². The third kappa shape index (κ3) is 35.8. The highest BCUT2D eigenvalue weighted by Gasteiger charge is 2.05. The van der Waals surface area contributed by atoms with Crippen LogP contribution < -0.4 is 0 Å². The van der Waals surface area contributed by atoms with E-state index < -0.39 is 11.9 Å². The molecule has 0 aliphatic rings.